The van der Waals surface area contributed by atoms with E-state index in [1.54, 1.807) is 6.07 Å². The molecule has 3 aromatic rings. The number of rotatable bonds is 2. The summed E-state index contributed by atoms with van der Waals surface area (Å²) >= 11 is 0. The Bertz CT molecular complexity index is 826. The summed E-state index contributed by atoms with van der Waals surface area (Å²) in [5, 5.41) is 18.6. The fourth-order valence-electron chi connectivity index (χ4n) is 2.06. The Labute approximate surface area is 112 Å². The molecule has 100 valence electrons. The molecule has 0 radical (unpaired) electrons. The van der Waals surface area contributed by atoms with Crippen molar-refractivity contribution in [2.24, 2.45) is 0 Å². The molecule has 0 unspecified atom stereocenters. The molecule has 20 heavy (non-hydrogen) atoms. The molecule has 0 aliphatic heterocycles. The molecule has 0 fully saturated rings. The number of aromatic hydroxyl groups is 1. The minimum atomic E-state index is -1.21. The van der Waals surface area contributed by atoms with Gasteiger partial charge < -0.3 is 10.2 Å². The number of halogens is 1. The van der Waals surface area contributed by atoms with E-state index in [0.29, 0.717) is 11.4 Å². The molecule has 1 aromatic carbocycles. The van der Waals surface area contributed by atoms with E-state index < -0.39 is 11.8 Å². The maximum atomic E-state index is 13.3. The van der Waals surface area contributed by atoms with Crippen LogP contribution in [-0.2, 0) is 0 Å². The van der Waals surface area contributed by atoms with Crippen LogP contribution in [0.2, 0.25) is 0 Å². The summed E-state index contributed by atoms with van der Waals surface area (Å²) < 4.78 is 14.8. The van der Waals surface area contributed by atoms with Gasteiger partial charge in [-0.1, -0.05) is 12.1 Å². The summed E-state index contributed by atoms with van der Waals surface area (Å²) in [6, 6.07) is 8.43. The van der Waals surface area contributed by atoms with Crippen LogP contribution in [0.25, 0.3) is 16.9 Å². The topological polar surface area (TPSA) is 74.8 Å². The van der Waals surface area contributed by atoms with Gasteiger partial charge in [-0.25, -0.2) is 14.2 Å². The molecular weight excluding hydrogens is 263 g/mol. The van der Waals surface area contributed by atoms with Crippen LogP contribution in [0.15, 0.2) is 42.6 Å². The molecule has 0 aliphatic rings. The fraction of sp³-hybridized carbons (Fsp3) is 0. The summed E-state index contributed by atoms with van der Waals surface area (Å²) in [7, 11) is 0. The predicted octanol–water partition coefficient (Wildman–Crippen LogP) is 2.54. The van der Waals surface area contributed by atoms with Gasteiger partial charge in [0.2, 0.25) is 0 Å². The quantitative estimate of drug-likeness (QED) is 0.751. The Kier molecular flexibility index (Phi) is 2.64. The molecule has 0 saturated heterocycles. The standard InChI is InChI=1S/C14H9FN2O3/c15-9-3-1-2-8(6-9)13-16-12(14(19)20)11-7-10(18)4-5-17(11)13/h1-7,18H,(H,19,20). The molecule has 0 bridgehead atoms. The molecule has 0 aliphatic carbocycles. The smallest absolute Gasteiger partial charge is 0.356 e. The van der Waals surface area contributed by atoms with E-state index in [9.17, 15) is 14.3 Å². The number of fused-ring (bicyclic) bond motifs is 1. The van der Waals surface area contributed by atoms with Crippen LogP contribution in [0.5, 0.6) is 5.75 Å². The van der Waals surface area contributed by atoms with E-state index in [2.05, 4.69) is 4.98 Å². The van der Waals surface area contributed by atoms with Crippen molar-refractivity contribution in [3.63, 3.8) is 0 Å². The largest absolute Gasteiger partial charge is 0.508 e. The van der Waals surface area contributed by atoms with Crippen molar-refractivity contribution in [1.29, 1.82) is 0 Å². The minimum Gasteiger partial charge on any atom is -0.508 e. The molecule has 2 N–H and O–H groups in total. The molecule has 2 aromatic heterocycles. The highest BCUT2D eigenvalue weighted by atomic mass is 19.1. The SMILES string of the molecule is O=C(O)c1nc(-c2cccc(F)c2)n2ccc(O)cc12. The van der Waals surface area contributed by atoms with Crippen LogP contribution in [0.1, 0.15) is 10.5 Å². The molecule has 0 amide bonds. The second kappa shape index (κ2) is 4.34. The summed E-state index contributed by atoms with van der Waals surface area (Å²) in [4.78, 5) is 15.2. The van der Waals surface area contributed by atoms with E-state index in [4.69, 9.17) is 5.11 Å². The van der Waals surface area contributed by atoms with Crippen molar-refractivity contribution >= 4 is 11.5 Å². The number of pyridine rings is 1. The number of hydrogen-bond donors (Lipinski definition) is 2. The lowest BCUT2D eigenvalue weighted by Gasteiger charge is -2.01. The zero-order valence-electron chi connectivity index (χ0n) is 10.1. The zero-order chi connectivity index (χ0) is 14.3. The third-order valence-corrected chi connectivity index (χ3v) is 2.91. The predicted molar refractivity (Wildman–Crippen MR) is 69.2 cm³/mol. The first-order valence-corrected chi connectivity index (χ1v) is 5.76. The van der Waals surface area contributed by atoms with Crippen molar-refractivity contribution in [2.75, 3.05) is 0 Å². The van der Waals surface area contributed by atoms with E-state index in [1.165, 1.54) is 40.9 Å². The highest BCUT2D eigenvalue weighted by molar-refractivity contribution is 5.95. The molecule has 0 spiro atoms. The lowest BCUT2D eigenvalue weighted by molar-refractivity contribution is 0.0693. The Morgan fingerprint density at radius 1 is 1.25 bits per heavy atom. The maximum absolute atomic E-state index is 13.3. The van der Waals surface area contributed by atoms with Gasteiger partial charge in [-0.2, -0.15) is 0 Å². The first kappa shape index (κ1) is 12.2. The Morgan fingerprint density at radius 3 is 2.75 bits per heavy atom. The number of carbonyl (C=O) groups is 1. The number of benzene rings is 1. The summed E-state index contributed by atoms with van der Waals surface area (Å²) in [6.07, 6.45) is 1.49. The lowest BCUT2D eigenvalue weighted by atomic mass is 10.2. The van der Waals surface area contributed by atoms with Crippen LogP contribution >= 0.6 is 0 Å². The summed E-state index contributed by atoms with van der Waals surface area (Å²) in [5.41, 5.74) is 0.509. The Hall–Kier alpha value is -2.89. The van der Waals surface area contributed by atoms with Gasteiger partial charge in [0, 0.05) is 17.8 Å². The van der Waals surface area contributed by atoms with Crippen LogP contribution in [0.3, 0.4) is 0 Å². The highest BCUT2D eigenvalue weighted by Crippen LogP contribution is 2.25. The molecule has 5 nitrogen and oxygen atoms in total. The van der Waals surface area contributed by atoms with Gasteiger partial charge in [-0.3, -0.25) is 4.40 Å². The van der Waals surface area contributed by atoms with E-state index in [0.717, 1.165) is 0 Å². The molecular formula is C14H9FN2O3. The number of hydrogen-bond acceptors (Lipinski definition) is 3. The molecule has 0 saturated carbocycles. The second-order valence-electron chi connectivity index (χ2n) is 4.24. The third kappa shape index (κ3) is 1.87. The number of imidazole rings is 1. The van der Waals surface area contributed by atoms with Crippen LogP contribution in [0.4, 0.5) is 4.39 Å². The molecule has 0 atom stereocenters. The number of nitrogens with zero attached hydrogens (tertiary/aromatic N) is 2. The van der Waals surface area contributed by atoms with Crippen molar-refractivity contribution in [1.82, 2.24) is 9.38 Å². The van der Waals surface area contributed by atoms with Gasteiger partial charge in [-0.05, 0) is 18.2 Å². The minimum absolute atomic E-state index is 0.0642. The lowest BCUT2D eigenvalue weighted by Crippen LogP contribution is -1.97. The number of aromatic carboxylic acids is 1. The average Bonchev–Trinajstić information content (AvgIpc) is 2.77. The maximum Gasteiger partial charge on any atom is 0.356 e. The van der Waals surface area contributed by atoms with Crippen LogP contribution in [0, 0.1) is 5.82 Å². The highest BCUT2D eigenvalue weighted by Gasteiger charge is 2.18. The first-order valence-electron chi connectivity index (χ1n) is 5.76. The van der Waals surface area contributed by atoms with Crippen LogP contribution < -0.4 is 0 Å². The monoisotopic (exact) mass is 272 g/mol. The second-order valence-corrected chi connectivity index (χ2v) is 4.24. The average molecular weight is 272 g/mol. The van der Waals surface area contributed by atoms with E-state index in [1.807, 2.05) is 0 Å². The summed E-state index contributed by atoms with van der Waals surface area (Å²) in [5.74, 6) is -1.41. The third-order valence-electron chi connectivity index (χ3n) is 2.91. The summed E-state index contributed by atoms with van der Waals surface area (Å²) in [6.45, 7) is 0. The van der Waals surface area contributed by atoms with Crippen molar-refractivity contribution in [2.45, 2.75) is 0 Å². The van der Waals surface area contributed by atoms with Gasteiger partial charge >= 0.3 is 5.97 Å². The molecule has 2 heterocycles. The van der Waals surface area contributed by atoms with Crippen LogP contribution in [-0.4, -0.2) is 25.6 Å². The number of carboxylic acids is 1. The number of carboxylic acid groups (broad SMARTS) is 1. The molecule has 3 rings (SSSR count). The Morgan fingerprint density at radius 2 is 2.05 bits per heavy atom. The fourth-order valence-corrected chi connectivity index (χ4v) is 2.06. The van der Waals surface area contributed by atoms with Crippen molar-refractivity contribution in [3.8, 4) is 17.1 Å². The Balaban J connectivity index is 2.34. The van der Waals surface area contributed by atoms with Gasteiger partial charge in [0.1, 0.15) is 17.4 Å². The van der Waals surface area contributed by atoms with E-state index in [-0.39, 0.29) is 17.0 Å². The first-order chi connectivity index (χ1) is 9.56. The van der Waals surface area contributed by atoms with Gasteiger partial charge in [-0.15, -0.1) is 0 Å². The zero-order valence-corrected chi connectivity index (χ0v) is 10.1. The van der Waals surface area contributed by atoms with Crippen molar-refractivity contribution < 1.29 is 19.4 Å². The van der Waals surface area contributed by atoms with Gasteiger partial charge in [0.05, 0.1) is 5.52 Å². The normalized spacial score (nSPS) is 10.8. The van der Waals surface area contributed by atoms with Gasteiger partial charge in [0.25, 0.3) is 0 Å². The molecule has 6 heteroatoms. The van der Waals surface area contributed by atoms with Gasteiger partial charge in [0.15, 0.2) is 5.69 Å². The number of aromatic nitrogens is 2. The van der Waals surface area contributed by atoms with E-state index >= 15 is 0 Å². The van der Waals surface area contributed by atoms with Crippen molar-refractivity contribution in [3.05, 3.63) is 54.1 Å².